The van der Waals surface area contributed by atoms with Gasteiger partial charge in [0.15, 0.2) is 0 Å². The van der Waals surface area contributed by atoms with E-state index in [1.165, 1.54) is 4.90 Å². The van der Waals surface area contributed by atoms with Crippen LogP contribution < -0.4 is 5.32 Å². The van der Waals surface area contributed by atoms with E-state index in [1.54, 1.807) is 7.05 Å². The highest BCUT2D eigenvalue weighted by molar-refractivity contribution is 5.92. The monoisotopic (exact) mass is 296 g/mol. The first-order valence-corrected chi connectivity index (χ1v) is 7.67. The lowest BCUT2D eigenvalue weighted by Crippen LogP contribution is -2.57. The number of amides is 2. The van der Waals surface area contributed by atoms with E-state index >= 15 is 0 Å². The number of rotatable bonds is 4. The molecule has 0 aromatic carbocycles. The molecule has 118 valence electrons. The average molecular weight is 296 g/mol. The Bertz CT molecular complexity index is 441. The van der Waals surface area contributed by atoms with Crippen LogP contribution in [0, 0.1) is 11.8 Å². The van der Waals surface area contributed by atoms with Gasteiger partial charge in [-0.25, -0.2) is 4.79 Å². The van der Waals surface area contributed by atoms with Gasteiger partial charge in [0.05, 0.1) is 5.92 Å². The normalized spacial score (nSPS) is 33.0. The molecule has 0 aromatic heterocycles. The van der Waals surface area contributed by atoms with Gasteiger partial charge in [-0.05, 0) is 31.6 Å². The molecule has 1 atom stereocenters. The van der Waals surface area contributed by atoms with Crippen LogP contribution in [0.3, 0.4) is 0 Å². The number of nitrogens with zero attached hydrogens (tertiary/aromatic N) is 1. The van der Waals surface area contributed by atoms with Gasteiger partial charge in [-0.2, -0.15) is 0 Å². The number of nitrogens with one attached hydrogen (secondary N) is 1. The van der Waals surface area contributed by atoms with E-state index in [0.717, 1.165) is 19.3 Å². The van der Waals surface area contributed by atoms with Crippen molar-refractivity contribution in [3.05, 3.63) is 0 Å². The molecule has 1 aliphatic heterocycles. The Morgan fingerprint density at radius 1 is 1.38 bits per heavy atom. The Hall–Kier alpha value is -1.59. The van der Waals surface area contributed by atoms with Gasteiger partial charge in [-0.3, -0.25) is 9.59 Å². The van der Waals surface area contributed by atoms with Gasteiger partial charge < -0.3 is 15.3 Å². The van der Waals surface area contributed by atoms with Crippen LogP contribution in [0.15, 0.2) is 0 Å². The number of aliphatic carboxylic acids is 1. The Kier molecular flexibility index (Phi) is 4.54. The van der Waals surface area contributed by atoms with Crippen molar-refractivity contribution in [2.24, 2.45) is 11.8 Å². The fourth-order valence-electron chi connectivity index (χ4n) is 3.35. The molecule has 1 saturated heterocycles. The van der Waals surface area contributed by atoms with Gasteiger partial charge in [-0.1, -0.05) is 13.3 Å². The third kappa shape index (κ3) is 3.19. The highest BCUT2D eigenvalue weighted by Gasteiger charge is 2.45. The second-order valence-corrected chi connectivity index (χ2v) is 6.40. The summed E-state index contributed by atoms with van der Waals surface area (Å²) in [6, 6.07) is 0. The first-order valence-electron chi connectivity index (χ1n) is 7.67. The lowest BCUT2D eigenvalue weighted by Gasteiger charge is -2.37. The van der Waals surface area contributed by atoms with E-state index in [1.807, 2.05) is 0 Å². The number of carboxylic acids is 1. The topological polar surface area (TPSA) is 86.7 Å². The molecule has 2 rings (SSSR count). The molecule has 2 amide bonds. The number of carbonyl (C=O) groups is 3. The fourth-order valence-corrected chi connectivity index (χ4v) is 3.35. The predicted octanol–water partition coefficient (Wildman–Crippen LogP) is 1.00. The number of hydrogen-bond acceptors (Lipinski definition) is 3. The van der Waals surface area contributed by atoms with Crippen LogP contribution in [0.2, 0.25) is 0 Å². The van der Waals surface area contributed by atoms with Gasteiger partial charge in [0.25, 0.3) is 0 Å². The summed E-state index contributed by atoms with van der Waals surface area (Å²) >= 11 is 0. The van der Waals surface area contributed by atoms with Crippen molar-refractivity contribution >= 4 is 17.8 Å². The Morgan fingerprint density at radius 2 is 2.00 bits per heavy atom. The fraction of sp³-hybridized carbons (Fsp3) is 0.800. The van der Waals surface area contributed by atoms with E-state index in [4.69, 9.17) is 0 Å². The van der Waals surface area contributed by atoms with Crippen LogP contribution in [-0.4, -0.2) is 46.9 Å². The van der Waals surface area contributed by atoms with Gasteiger partial charge in [0.2, 0.25) is 11.8 Å². The van der Waals surface area contributed by atoms with Crippen molar-refractivity contribution in [2.75, 3.05) is 13.6 Å². The van der Waals surface area contributed by atoms with Crippen LogP contribution in [0.4, 0.5) is 0 Å². The zero-order valence-corrected chi connectivity index (χ0v) is 12.7. The molecule has 0 aromatic rings. The zero-order valence-electron chi connectivity index (χ0n) is 12.7. The third-order valence-electron chi connectivity index (χ3n) is 5.02. The van der Waals surface area contributed by atoms with E-state index in [-0.39, 0.29) is 18.2 Å². The lowest BCUT2D eigenvalue weighted by atomic mass is 9.75. The van der Waals surface area contributed by atoms with Crippen molar-refractivity contribution < 1.29 is 19.5 Å². The van der Waals surface area contributed by atoms with Crippen LogP contribution in [-0.2, 0) is 14.4 Å². The van der Waals surface area contributed by atoms with Crippen molar-refractivity contribution in [1.29, 1.82) is 0 Å². The molecular formula is C15H24N2O4. The Balaban J connectivity index is 2.02. The van der Waals surface area contributed by atoms with Crippen LogP contribution in [0.25, 0.3) is 0 Å². The van der Waals surface area contributed by atoms with Gasteiger partial charge in [-0.15, -0.1) is 0 Å². The maximum atomic E-state index is 12.3. The standard InChI is InChI=1S/C15H24N2O4/c1-3-10-4-6-15(7-5-10,14(20)21)16-13(19)11-8-12(18)17(2)9-11/h10-11H,3-9H2,1-2H3,(H,16,19)(H,20,21). The average Bonchev–Trinajstić information content (AvgIpc) is 2.79. The number of carbonyl (C=O) groups excluding carboxylic acids is 2. The smallest absolute Gasteiger partial charge is 0.329 e. The van der Waals surface area contributed by atoms with Crippen LogP contribution in [0.1, 0.15) is 45.4 Å². The molecule has 1 aliphatic carbocycles. The molecule has 1 unspecified atom stereocenters. The van der Waals surface area contributed by atoms with E-state index in [2.05, 4.69) is 12.2 Å². The van der Waals surface area contributed by atoms with Gasteiger partial charge in [0, 0.05) is 20.0 Å². The molecule has 0 radical (unpaired) electrons. The van der Waals surface area contributed by atoms with E-state index < -0.39 is 17.4 Å². The summed E-state index contributed by atoms with van der Waals surface area (Å²) in [5.41, 5.74) is -1.15. The highest BCUT2D eigenvalue weighted by Crippen LogP contribution is 2.34. The van der Waals surface area contributed by atoms with Gasteiger partial charge >= 0.3 is 5.97 Å². The second kappa shape index (κ2) is 6.03. The Morgan fingerprint density at radius 3 is 2.43 bits per heavy atom. The summed E-state index contributed by atoms with van der Waals surface area (Å²) in [5.74, 6) is -1.20. The minimum Gasteiger partial charge on any atom is -0.480 e. The SMILES string of the molecule is CCC1CCC(NC(=O)C2CC(=O)N(C)C2)(C(=O)O)CC1. The quantitative estimate of drug-likeness (QED) is 0.810. The molecule has 6 nitrogen and oxygen atoms in total. The number of carboxylic acid groups (broad SMARTS) is 1. The molecule has 2 aliphatic rings. The molecule has 1 saturated carbocycles. The van der Waals surface area contributed by atoms with Crippen molar-refractivity contribution in [3.63, 3.8) is 0 Å². The summed E-state index contributed by atoms with van der Waals surface area (Å²) < 4.78 is 0. The summed E-state index contributed by atoms with van der Waals surface area (Å²) in [6.45, 7) is 2.48. The lowest BCUT2D eigenvalue weighted by molar-refractivity contribution is -0.150. The van der Waals surface area contributed by atoms with Crippen molar-refractivity contribution in [3.8, 4) is 0 Å². The summed E-state index contributed by atoms with van der Waals surface area (Å²) in [5, 5.41) is 12.3. The van der Waals surface area contributed by atoms with Gasteiger partial charge in [0.1, 0.15) is 5.54 Å². The third-order valence-corrected chi connectivity index (χ3v) is 5.02. The summed E-state index contributed by atoms with van der Waals surface area (Å²) in [4.78, 5) is 37.0. The number of hydrogen-bond donors (Lipinski definition) is 2. The summed E-state index contributed by atoms with van der Waals surface area (Å²) in [7, 11) is 1.66. The molecular weight excluding hydrogens is 272 g/mol. The molecule has 2 N–H and O–H groups in total. The molecule has 1 heterocycles. The predicted molar refractivity (Wildman–Crippen MR) is 76.5 cm³/mol. The molecule has 0 spiro atoms. The first-order chi connectivity index (χ1) is 9.88. The largest absolute Gasteiger partial charge is 0.480 e. The second-order valence-electron chi connectivity index (χ2n) is 6.40. The van der Waals surface area contributed by atoms with E-state index in [0.29, 0.717) is 25.3 Å². The van der Waals surface area contributed by atoms with Crippen molar-refractivity contribution in [2.45, 2.75) is 51.0 Å². The van der Waals surface area contributed by atoms with E-state index in [9.17, 15) is 19.5 Å². The maximum absolute atomic E-state index is 12.3. The minimum atomic E-state index is -1.15. The van der Waals surface area contributed by atoms with Crippen LogP contribution >= 0.6 is 0 Å². The molecule has 2 fully saturated rings. The highest BCUT2D eigenvalue weighted by atomic mass is 16.4. The zero-order chi connectivity index (χ0) is 15.6. The Labute approximate surface area is 124 Å². The van der Waals surface area contributed by atoms with Crippen molar-refractivity contribution in [1.82, 2.24) is 10.2 Å². The first kappa shape index (κ1) is 15.8. The minimum absolute atomic E-state index is 0.0609. The molecule has 21 heavy (non-hydrogen) atoms. The summed E-state index contributed by atoms with van der Waals surface area (Å²) in [6.07, 6.45) is 3.83. The number of likely N-dealkylation sites (tertiary alicyclic amines) is 1. The molecule has 6 heteroatoms. The van der Waals surface area contributed by atoms with Crippen LogP contribution in [0.5, 0.6) is 0 Å². The molecule has 0 bridgehead atoms. The maximum Gasteiger partial charge on any atom is 0.329 e.